The van der Waals surface area contributed by atoms with Gasteiger partial charge in [0.1, 0.15) is 23.8 Å². The number of ketones is 1. The fourth-order valence-corrected chi connectivity index (χ4v) is 6.17. The summed E-state index contributed by atoms with van der Waals surface area (Å²) in [5.41, 5.74) is 6.49. The lowest BCUT2D eigenvalue weighted by atomic mass is 9.81. The lowest BCUT2D eigenvalue weighted by molar-refractivity contribution is 0.0208. The minimum atomic E-state index is -0.577. The molecule has 1 unspecified atom stereocenters. The van der Waals surface area contributed by atoms with Crippen LogP contribution >= 0.6 is 0 Å². The fourth-order valence-electron chi connectivity index (χ4n) is 6.17. The third-order valence-corrected chi connectivity index (χ3v) is 8.18. The Morgan fingerprint density at radius 3 is 2.75 bits per heavy atom. The largest absolute Gasteiger partial charge is 0.488 e. The standard InChI is InChI=1S/C32H37N3O5/c1-18-6-7-20-12-25-23-9-8-21(11-22(23)17-39-28(25)13-24(20)29(18)36)26-14-33-30(34-26)27-10-19(16-38-5)15-35(27)31(37)40-32(2,3)4/h8-9,11-14,18-19,27H,6-7,10,15-17H2,1-5H3,(H,33,34)/t18?,19-,27-/m0/s1. The molecule has 8 heteroatoms. The van der Waals surface area contributed by atoms with Gasteiger partial charge in [-0.05, 0) is 80.5 Å². The van der Waals surface area contributed by atoms with Gasteiger partial charge in [0.15, 0.2) is 5.78 Å². The van der Waals surface area contributed by atoms with Crippen molar-refractivity contribution in [2.24, 2.45) is 11.8 Å². The molecule has 2 aromatic carbocycles. The van der Waals surface area contributed by atoms with Gasteiger partial charge in [0, 0.05) is 36.6 Å². The second-order valence-corrected chi connectivity index (χ2v) is 12.4. The van der Waals surface area contributed by atoms with E-state index in [1.54, 1.807) is 12.0 Å². The number of hydrogen-bond donors (Lipinski definition) is 1. The summed E-state index contributed by atoms with van der Waals surface area (Å²) in [6.45, 7) is 9.21. The number of aryl methyl sites for hydroxylation is 1. The number of rotatable bonds is 4. The number of carbonyl (C=O) groups excluding carboxylic acids is 2. The van der Waals surface area contributed by atoms with Crippen LogP contribution in [0.25, 0.3) is 22.4 Å². The van der Waals surface area contributed by atoms with Gasteiger partial charge in [0.2, 0.25) is 0 Å². The number of amides is 1. The van der Waals surface area contributed by atoms with Gasteiger partial charge in [-0.3, -0.25) is 9.69 Å². The number of aromatic nitrogens is 2. The molecule has 210 valence electrons. The Morgan fingerprint density at radius 1 is 1.15 bits per heavy atom. The number of H-pyrrole nitrogens is 1. The van der Waals surface area contributed by atoms with Crippen molar-refractivity contribution in [1.29, 1.82) is 0 Å². The van der Waals surface area contributed by atoms with Crippen molar-refractivity contribution >= 4 is 11.9 Å². The number of Topliss-reactive ketones (excluding diaryl/α,β-unsaturated/α-hetero) is 1. The third-order valence-electron chi connectivity index (χ3n) is 8.18. The van der Waals surface area contributed by atoms with Crippen molar-refractivity contribution in [2.45, 2.75) is 65.2 Å². The first-order valence-electron chi connectivity index (χ1n) is 14.1. The quantitative estimate of drug-likeness (QED) is 0.412. The van der Waals surface area contributed by atoms with Crippen LogP contribution in [0.2, 0.25) is 0 Å². The van der Waals surface area contributed by atoms with Crippen molar-refractivity contribution in [3.63, 3.8) is 0 Å². The van der Waals surface area contributed by atoms with E-state index in [2.05, 4.69) is 29.2 Å². The van der Waals surface area contributed by atoms with Gasteiger partial charge in [-0.1, -0.05) is 19.1 Å². The molecule has 0 spiro atoms. The minimum Gasteiger partial charge on any atom is -0.488 e. The molecule has 3 aromatic rings. The highest BCUT2D eigenvalue weighted by molar-refractivity contribution is 6.01. The van der Waals surface area contributed by atoms with E-state index in [-0.39, 0.29) is 29.8 Å². The van der Waals surface area contributed by atoms with Gasteiger partial charge in [-0.25, -0.2) is 9.78 Å². The van der Waals surface area contributed by atoms with E-state index in [1.165, 1.54) is 0 Å². The molecular weight excluding hydrogens is 506 g/mol. The lowest BCUT2D eigenvalue weighted by Crippen LogP contribution is -2.37. The Labute approximate surface area is 235 Å². The molecule has 3 heterocycles. The van der Waals surface area contributed by atoms with Gasteiger partial charge in [0.25, 0.3) is 0 Å². The number of likely N-dealkylation sites (tertiary alicyclic amines) is 1. The predicted octanol–water partition coefficient (Wildman–Crippen LogP) is 6.35. The molecule has 1 aliphatic carbocycles. The van der Waals surface area contributed by atoms with Crippen molar-refractivity contribution < 1.29 is 23.8 Å². The van der Waals surface area contributed by atoms with Crippen LogP contribution in [0.4, 0.5) is 4.79 Å². The molecule has 1 aromatic heterocycles. The topological polar surface area (TPSA) is 93.8 Å². The van der Waals surface area contributed by atoms with Crippen LogP contribution in [0.5, 0.6) is 5.75 Å². The number of aromatic amines is 1. The molecule has 6 rings (SSSR count). The van der Waals surface area contributed by atoms with Crippen LogP contribution < -0.4 is 4.74 Å². The summed E-state index contributed by atoms with van der Waals surface area (Å²) in [6, 6.07) is 10.2. The van der Waals surface area contributed by atoms with Crippen LogP contribution in [-0.2, 0) is 22.5 Å². The first-order chi connectivity index (χ1) is 19.1. The first-order valence-corrected chi connectivity index (χ1v) is 14.1. The van der Waals surface area contributed by atoms with Crippen LogP contribution in [0.1, 0.15) is 73.9 Å². The van der Waals surface area contributed by atoms with E-state index >= 15 is 0 Å². The van der Waals surface area contributed by atoms with Crippen molar-refractivity contribution in [3.05, 3.63) is 59.0 Å². The molecule has 2 aliphatic heterocycles. The molecule has 3 atom stereocenters. The maximum Gasteiger partial charge on any atom is 0.410 e. The molecule has 8 nitrogen and oxygen atoms in total. The zero-order chi connectivity index (χ0) is 28.2. The highest BCUT2D eigenvalue weighted by Crippen LogP contribution is 2.43. The number of nitrogens with zero attached hydrogens (tertiary/aromatic N) is 2. The summed E-state index contributed by atoms with van der Waals surface area (Å²) >= 11 is 0. The summed E-state index contributed by atoms with van der Waals surface area (Å²) in [7, 11) is 1.68. The molecule has 0 saturated carbocycles. The summed E-state index contributed by atoms with van der Waals surface area (Å²) in [4.78, 5) is 35.7. The normalized spacial score (nSPS) is 21.9. The second-order valence-electron chi connectivity index (χ2n) is 12.4. The van der Waals surface area contributed by atoms with Gasteiger partial charge >= 0.3 is 6.09 Å². The number of carbonyl (C=O) groups is 2. The van der Waals surface area contributed by atoms with Crippen molar-refractivity contribution in [1.82, 2.24) is 14.9 Å². The average molecular weight is 544 g/mol. The maximum atomic E-state index is 13.0. The van der Waals surface area contributed by atoms with Crippen LogP contribution in [0, 0.1) is 11.8 Å². The SMILES string of the molecule is COC[C@H]1C[C@@H](c2ncc(-c3ccc4c(c3)COc3cc5c(cc3-4)CCC(C)C5=O)[nH]2)N(C(=O)OC(C)(C)C)C1. The van der Waals surface area contributed by atoms with E-state index in [1.807, 2.05) is 40.0 Å². The van der Waals surface area contributed by atoms with Crippen molar-refractivity contribution in [3.8, 4) is 28.1 Å². The monoisotopic (exact) mass is 543 g/mol. The van der Waals surface area contributed by atoms with Gasteiger partial charge < -0.3 is 19.2 Å². The number of ether oxygens (including phenoxy) is 3. The van der Waals surface area contributed by atoms with Gasteiger partial charge in [-0.2, -0.15) is 0 Å². The van der Waals surface area contributed by atoms with E-state index in [9.17, 15) is 9.59 Å². The van der Waals surface area contributed by atoms with Crippen LogP contribution in [0.3, 0.4) is 0 Å². The molecule has 0 bridgehead atoms. The fraction of sp³-hybridized carbons (Fsp3) is 0.469. The van der Waals surface area contributed by atoms with E-state index in [4.69, 9.17) is 19.2 Å². The molecule has 1 N–H and O–H groups in total. The molecule has 1 amide bonds. The Balaban J connectivity index is 1.27. The lowest BCUT2D eigenvalue weighted by Gasteiger charge is -2.27. The molecule has 0 radical (unpaired) electrons. The first kappa shape index (κ1) is 26.6. The smallest absolute Gasteiger partial charge is 0.410 e. The van der Waals surface area contributed by atoms with Crippen LogP contribution in [0.15, 0.2) is 36.5 Å². The summed E-state index contributed by atoms with van der Waals surface area (Å²) in [5, 5.41) is 0. The molecule has 1 saturated heterocycles. The Hall–Kier alpha value is -3.65. The van der Waals surface area contributed by atoms with Crippen molar-refractivity contribution in [2.75, 3.05) is 20.3 Å². The van der Waals surface area contributed by atoms with Crippen LogP contribution in [-0.4, -0.2) is 52.6 Å². The Morgan fingerprint density at radius 2 is 1.98 bits per heavy atom. The molecular formula is C32H37N3O5. The number of hydrogen-bond acceptors (Lipinski definition) is 6. The number of methoxy groups -OCH3 is 1. The maximum absolute atomic E-state index is 13.0. The number of benzene rings is 2. The summed E-state index contributed by atoms with van der Waals surface area (Å²) in [6.07, 6.45) is 4.04. The number of imidazole rings is 1. The summed E-state index contributed by atoms with van der Waals surface area (Å²) in [5.74, 6) is 2.00. The Bertz CT molecular complexity index is 1470. The minimum absolute atomic E-state index is 0.0644. The zero-order valence-electron chi connectivity index (χ0n) is 23.9. The third kappa shape index (κ3) is 4.89. The Kier molecular flexibility index (Phi) is 6.69. The highest BCUT2D eigenvalue weighted by atomic mass is 16.6. The zero-order valence-corrected chi connectivity index (χ0v) is 23.9. The van der Waals surface area contributed by atoms with E-state index in [0.29, 0.717) is 19.8 Å². The summed E-state index contributed by atoms with van der Waals surface area (Å²) < 4.78 is 17.2. The average Bonchev–Trinajstić information content (AvgIpc) is 3.57. The molecule has 3 aliphatic rings. The predicted molar refractivity (Wildman–Crippen MR) is 151 cm³/mol. The molecule has 1 fully saturated rings. The van der Waals surface area contributed by atoms with Gasteiger partial charge in [-0.15, -0.1) is 0 Å². The second kappa shape index (κ2) is 10.1. The molecule has 40 heavy (non-hydrogen) atoms. The highest BCUT2D eigenvalue weighted by Gasteiger charge is 2.40. The van der Waals surface area contributed by atoms with E-state index < -0.39 is 5.60 Å². The van der Waals surface area contributed by atoms with E-state index in [0.717, 1.165) is 69.9 Å². The number of fused-ring (bicyclic) bond motifs is 4. The number of nitrogens with one attached hydrogen (secondary N) is 1. The van der Waals surface area contributed by atoms with Gasteiger partial charge in [0.05, 0.1) is 24.5 Å².